The van der Waals surface area contributed by atoms with E-state index in [4.69, 9.17) is 10.2 Å². The summed E-state index contributed by atoms with van der Waals surface area (Å²) in [7, 11) is 0. The molecule has 0 spiro atoms. The maximum atomic E-state index is 11.3. The maximum Gasteiger partial charge on any atom is 0.359 e. The third kappa shape index (κ3) is 3.62. The van der Waals surface area contributed by atoms with Gasteiger partial charge >= 0.3 is 5.97 Å². The molecule has 0 aliphatic carbocycles. The molecule has 0 bridgehead atoms. The van der Waals surface area contributed by atoms with E-state index in [-0.39, 0.29) is 5.70 Å². The molecular formula is C16H15NO3. The first-order chi connectivity index (χ1) is 9.69. The molecule has 0 amide bonds. The number of carbonyl (C=O) groups is 1. The van der Waals surface area contributed by atoms with Crippen LogP contribution in [0, 0.1) is 0 Å². The Hall–Kier alpha value is -2.75. The standard InChI is InChI=1S/C16H15NO3/c1-2-19-16(18)15(17)10-14-9-13(11-20-14)8-12-6-4-3-5-7-12/h2-7,9-11H,1,8,17H2/b15-10-. The fraction of sp³-hybridized carbons (Fsp3) is 0.0625. The van der Waals surface area contributed by atoms with Gasteiger partial charge in [0.25, 0.3) is 0 Å². The molecule has 0 unspecified atom stereocenters. The van der Waals surface area contributed by atoms with Crippen molar-refractivity contribution in [2.45, 2.75) is 6.42 Å². The summed E-state index contributed by atoms with van der Waals surface area (Å²) in [5.74, 6) is -0.143. The fourth-order valence-electron chi connectivity index (χ4n) is 1.75. The Morgan fingerprint density at radius 2 is 2.05 bits per heavy atom. The van der Waals surface area contributed by atoms with Gasteiger partial charge in [-0.2, -0.15) is 0 Å². The van der Waals surface area contributed by atoms with Crippen LogP contribution in [-0.2, 0) is 16.0 Å². The molecule has 2 aromatic rings. The van der Waals surface area contributed by atoms with E-state index in [9.17, 15) is 4.79 Å². The molecule has 1 heterocycles. The van der Waals surface area contributed by atoms with Crippen LogP contribution < -0.4 is 5.73 Å². The average Bonchev–Trinajstić information content (AvgIpc) is 2.87. The number of benzene rings is 1. The second kappa shape index (κ2) is 6.43. The van der Waals surface area contributed by atoms with E-state index in [0.29, 0.717) is 5.76 Å². The van der Waals surface area contributed by atoms with Gasteiger partial charge in [0.05, 0.1) is 12.5 Å². The first-order valence-corrected chi connectivity index (χ1v) is 6.09. The zero-order valence-corrected chi connectivity index (χ0v) is 10.9. The largest absolute Gasteiger partial charge is 0.465 e. The van der Waals surface area contributed by atoms with Crippen LogP contribution in [0.3, 0.4) is 0 Å². The molecule has 0 saturated heterocycles. The molecular weight excluding hydrogens is 254 g/mol. The average molecular weight is 269 g/mol. The van der Waals surface area contributed by atoms with E-state index in [1.165, 1.54) is 11.6 Å². The molecule has 4 nitrogen and oxygen atoms in total. The van der Waals surface area contributed by atoms with Gasteiger partial charge in [0.15, 0.2) is 0 Å². The highest BCUT2D eigenvalue weighted by atomic mass is 16.5. The van der Waals surface area contributed by atoms with E-state index in [2.05, 4.69) is 11.3 Å². The SMILES string of the molecule is C=COC(=O)/C(N)=C/c1cc(Cc2ccccc2)co1. The molecule has 0 aliphatic heterocycles. The highest BCUT2D eigenvalue weighted by Gasteiger charge is 2.07. The second-order valence-electron chi connectivity index (χ2n) is 4.19. The summed E-state index contributed by atoms with van der Waals surface area (Å²) in [5.41, 5.74) is 7.73. The molecule has 0 fully saturated rings. The summed E-state index contributed by atoms with van der Waals surface area (Å²) in [4.78, 5) is 11.3. The van der Waals surface area contributed by atoms with Gasteiger partial charge in [-0.1, -0.05) is 36.9 Å². The third-order valence-corrected chi connectivity index (χ3v) is 2.65. The zero-order chi connectivity index (χ0) is 14.4. The van der Waals surface area contributed by atoms with Gasteiger partial charge in [-0.25, -0.2) is 4.79 Å². The molecule has 0 aliphatic rings. The van der Waals surface area contributed by atoms with Crippen molar-refractivity contribution >= 4 is 12.0 Å². The Labute approximate surface area is 117 Å². The van der Waals surface area contributed by atoms with E-state index in [0.717, 1.165) is 18.2 Å². The van der Waals surface area contributed by atoms with Gasteiger partial charge in [0, 0.05) is 12.5 Å². The van der Waals surface area contributed by atoms with Crippen molar-refractivity contribution < 1.29 is 13.9 Å². The van der Waals surface area contributed by atoms with E-state index in [1.807, 2.05) is 36.4 Å². The normalized spacial score (nSPS) is 11.1. The van der Waals surface area contributed by atoms with Crippen LogP contribution in [-0.4, -0.2) is 5.97 Å². The van der Waals surface area contributed by atoms with Gasteiger partial charge in [-0.3, -0.25) is 0 Å². The predicted octanol–water partition coefficient (Wildman–Crippen LogP) is 2.86. The number of hydrogen-bond acceptors (Lipinski definition) is 4. The fourth-order valence-corrected chi connectivity index (χ4v) is 1.75. The lowest BCUT2D eigenvalue weighted by molar-refractivity contribution is -0.133. The zero-order valence-electron chi connectivity index (χ0n) is 10.9. The second-order valence-corrected chi connectivity index (χ2v) is 4.19. The lowest BCUT2D eigenvalue weighted by Gasteiger charge is -1.97. The summed E-state index contributed by atoms with van der Waals surface area (Å²) >= 11 is 0. The molecule has 0 saturated carbocycles. The molecule has 2 rings (SSSR count). The summed E-state index contributed by atoms with van der Waals surface area (Å²) in [6, 6.07) is 11.9. The van der Waals surface area contributed by atoms with E-state index >= 15 is 0 Å². The van der Waals surface area contributed by atoms with Gasteiger partial charge < -0.3 is 14.9 Å². The summed E-state index contributed by atoms with van der Waals surface area (Å²) < 4.78 is 9.91. The van der Waals surface area contributed by atoms with Gasteiger partial charge in [0.2, 0.25) is 0 Å². The third-order valence-electron chi connectivity index (χ3n) is 2.65. The quantitative estimate of drug-likeness (QED) is 0.515. The highest BCUT2D eigenvalue weighted by Crippen LogP contribution is 2.15. The van der Waals surface area contributed by atoms with E-state index < -0.39 is 5.97 Å². The summed E-state index contributed by atoms with van der Waals surface area (Å²) in [6.07, 6.45) is 4.87. The first-order valence-electron chi connectivity index (χ1n) is 6.09. The van der Waals surface area contributed by atoms with Crippen LogP contribution in [0.25, 0.3) is 6.08 Å². The lowest BCUT2D eigenvalue weighted by Crippen LogP contribution is -2.11. The Balaban J connectivity index is 2.07. The number of furan rings is 1. The van der Waals surface area contributed by atoms with Crippen LogP contribution in [0.2, 0.25) is 0 Å². The number of rotatable bonds is 5. The van der Waals surface area contributed by atoms with Crippen molar-refractivity contribution in [1.82, 2.24) is 0 Å². The monoisotopic (exact) mass is 269 g/mol. The molecule has 1 aromatic carbocycles. The van der Waals surface area contributed by atoms with Crippen molar-refractivity contribution in [3.63, 3.8) is 0 Å². The van der Waals surface area contributed by atoms with Crippen LogP contribution in [0.4, 0.5) is 0 Å². The Bertz CT molecular complexity index is 626. The number of nitrogens with two attached hydrogens (primary N) is 1. The van der Waals surface area contributed by atoms with Gasteiger partial charge in [-0.15, -0.1) is 0 Å². The van der Waals surface area contributed by atoms with Crippen molar-refractivity contribution in [1.29, 1.82) is 0 Å². The minimum Gasteiger partial charge on any atom is -0.465 e. The van der Waals surface area contributed by atoms with Crippen LogP contribution in [0.15, 0.2) is 65.6 Å². The number of hydrogen-bond donors (Lipinski definition) is 1. The number of esters is 1. The molecule has 0 atom stereocenters. The molecule has 4 heteroatoms. The maximum absolute atomic E-state index is 11.3. The van der Waals surface area contributed by atoms with Crippen LogP contribution in [0.1, 0.15) is 16.9 Å². The Kier molecular flexibility index (Phi) is 4.39. The molecule has 1 aromatic heterocycles. The lowest BCUT2D eigenvalue weighted by atomic mass is 10.1. The molecule has 20 heavy (non-hydrogen) atoms. The number of ether oxygens (including phenoxy) is 1. The van der Waals surface area contributed by atoms with E-state index in [1.54, 1.807) is 6.26 Å². The van der Waals surface area contributed by atoms with Crippen molar-refractivity contribution in [2.24, 2.45) is 5.73 Å². The number of carbonyl (C=O) groups excluding carboxylic acids is 1. The molecule has 0 radical (unpaired) electrons. The topological polar surface area (TPSA) is 65.5 Å². The Morgan fingerprint density at radius 1 is 1.30 bits per heavy atom. The van der Waals surface area contributed by atoms with Crippen LogP contribution in [0.5, 0.6) is 0 Å². The van der Waals surface area contributed by atoms with Crippen molar-refractivity contribution in [2.75, 3.05) is 0 Å². The predicted molar refractivity (Wildman–Crippen MR) is 76.4 cm³/mol. The van der Waals surface area contributed by atoms with Crippen LogP contribution >= 0.6 is 0 Å². The Morgan fingerprint density at radius 3 is 2.75 bits per heavy atom. The smallest absolute Gasteiger partial charge is 0.359 e. The minimum absolute atomic E-state index is 0.0366. The van der Waals surface area contributed by atoms with Gasteiger partial charge in [-0.05, 0) is 17.2 Å². The van der Waals surface area contributed by atoms with Crippen molar-refractivity contribution in [3.8, 4) is 0 Å². The molecule has 2 N–H and O–H groups in total. The van der Waals surface area contributed by atoms with Crippen molar-refractivity contribution in [3.05, 3.63) is 78.1 Å². The minimum atomic E-state index is -0.652. The van der Waals surface area contributed by atoms with Gasteiger partial charge in [0.1, 0.15) is 11.5 Å². The summed E-state index contributed by atoms with van der Waals surface area (Å²) in [5, 5.41) is 0. The first kappa shape index (κ1) is 13.7. The highest BCUT2D eigenvalue weighted by molar-refractivity contribution is 5.92. The molecule has 102 valence electrons. The summed E-state index contributed by atoms with van der Waals surface area (Å²) in [6.45, 7) is 3.29.